The summed E-state index contributed by atoms with van der Waals surface area (Å²) >= 11 is 9.59. The molecule has 0 radical (unpaired) electrons. The van der Waals surface area contributed by atoms with Crippen molar-refractivity contribution in [3.63, 3.8) is 0 Å². The summed E-state index contributed by atoms with van der Waals surface area (Å²) in [5.74, 6) is 1.42. The van der Waals surface area contributed by atoms with E-state index in [9.17, 15) is 0 Å². The number of benzene rings is 1. The summed E-state index contributed by atoms with van der Waals surface area (Å²) in [6.45, 7) is 3.41. The maximum Gasteiger partial charge on any atom is 0.163 e. The van der Waals surface area contributed by atoms with Gasteiger partial charge in [-0.1, -0.05) is 34.5 Å². The number of halogens is 2. The maximum absolute atomic E-state index is 6.07. The van der Waals surface area contributed by atoms with E-state index >= 15 is 0 Å². The van der Waals surface area contributed by atoms with Crippen LogP contribution in [0.3, 0.4) is 0 Å². The minimum atomic E-state index is 0.439. The number of ether oxygens (including phenoxy) is 1. The number of nitrogens with one attached hydrogen (secondary N) is 1. The molecule has 21 heavy (non-hydrogen) atoms. The van der Waals surface area contributed by atoms with Crippen molar-refractivity contribution in [3.8, 4) is 11.4 Å². The van der Waals surface area contributed by atoms with Crippen LogP contribution in [-0.2, 0) is 11.3 Å². The normalized spacial score (nSPS) is 10.7. The Morgan fingerprint density at radius 1 is 1.29 bits per heavy atom. The highest BCUT2D eigenvalue weighted by molar-refractivity contribution is 9.10. The predicted molar refractivity (Wildman–Crippen MR) is 89.7 cm³/mol. The van der Waals surface area contributed by atoms with Crippen LogP contribution in [0.4, 0.5) is 5.82 Å². The van der Waals surface area contributed by atoms with Crippen molar-refractivity contribution in [2.24, 2.45) is 0 Å². The van der Waals surface area contributed by atoms with Crippen LogP contribution in [0, 0.1) is 0 Å². The van der Waals surface area contributed by atoms with Gasteiger partial charge in [-0.25, -0.2) is 9.97 Å². The van der Waals surface area contributed by atoms with Gasteiger partial charge in [-0.3, -0.25) is 0 Å². The Morgan fingerprint density at radius 3 is 2.81 bits per heavy atom. The van der Waals surface area contributed by atoms with Gasteiger partial charge < -0.3 is 10.1 Å². The van der Waals surface area contributed by atoms with Crippen LogP contribution < -0.4 is 5.32 Å². The molecule has 2 aromatic rings. The molecule has 0 amide bonds. The minimum Gasteiger partial charge on any atom is -0.378 e. The van der Waals surface area contributed by atoms with Crippen LogP contribution in [0.2, 0.25) is 5.02 Å². The van der Waals surface area contributed by atoms with Crippen molar-refractivity contribution >= 4 is 33.3 Å². The zero-order chi connectivity index (χ0) is 15.2. The molecule has 1 aromatic heterocycles. The molecule has 0 saturated carbocycles. The summed E-state index contributed by atoms with van der Waals surface area (Å²) in [6, 6.07) is 7.47. The molecule has 0 atom stereocenters. The van der Waals surface area contributed by atoms with Crippen LogP contribution in [0.5, 0.6) is 0 Å². The van der Waals surface area contributed by atoms with Gasteiger partial charge in [-0.15, -0.1) is 0 Å². The standard InChI is InChI=1S/C15H17BrClN3O/c1-3-6-18-14-8-11(9-21-2)19-15(20-14)12-7-10(17)4-5-13(12)16/h4-5,7-8H,3,6,9H2,1-2H3,(H,18,19,20). The first kappa shape index (κ1) is 16.2. The number of rotatable bonds is 6. The lowest BCUT2D eigenvalue weighted by atomic mass is 10.2. The largest absolute Gasteiger partial charge is 0.378 e. The molecule has 0 bridgehead atoms. The fraction of sp³-hybridized carbons (Fsp3) is 0.333. The third-order valence-corrected chi connectivity index (χ3v) is 3.72. The van der Waals surface area contributed by atoms with Crippen LogP contribution >= 0.6 is 27.5 Å². The second-order valence-corrected chi connectivity index (χ2v) is 5.84. The van der Waals surface area contributed by atoms with E-state index in [4.69, 9.17) is 16.3 Å². The zero-order valence-electron chi connectivity index (χ0n) is 12.0. The summed E-state index contributed by atoms with van der Waals surface area (Å²) in [4.78, 5) is 9.10. The summed E-state index contributed by atoms with van der Waals surface area (Å²) in [5, 5.41) is 3.93. The maximum atomic E-state index is 6.07. The van der Waals surface area contributed by atoms with Gasteiger partial charge in [0.2, 0.25) is 0 Å². The molecule has 0 unspecified atom stereocenters. The molecule has 1 N–H and O–H groups in total. The second-order valence-electron chi connectivity index (χ2n) is 4.55. The Morgan fingerprint density at radius 2 is 2.10 bits per heavy atom. The van der Waals surface area contributed by atoms with Crippen molar-refractivity contribution in [2.45, 2.75) is 20.0 Å². The van der Waals surface area contributed by atoms with Gasteiger partial charge in [-0.05, 0) is 24.6 Å². The van der Waals surface area contributed by atoms with Crippen LogP contribution in [0.25, 0.3) is 11.4 Å². The lowest BCUT2D eigenvalue weighted by Gasteiger charge is -2.10. The van der Waals surface area contributed by atoms with E-state index < -0.39 is 0 Å². The van der Waals surface area contributed by atoms with E-state index in [1.54, 1.807) is 7.11 Å². The highest BCUT2D eigenvalue weighted by Crippen LogP contribution is 2.29. The predicted octanol–water partition coefficient (Wildman–Crippen LogP) is 4.53. The molecule has 4 nitrogen and oxygen atoms in total. The van der Waals surface area contributed by atoms with E-state index in [0.29, 0.717) is 17.5 Å². The van der Waals surface area contributed by atoms with Gasteiger partial charge in [0.15, 0.2) is 5.82 Å². The van der Waals surface area contributed by atoms with E-state index in [1.807, 2.05) is 24.3 Å². The highest BCUT2D eigenvalue weighted by atomic mass is 79.9. The Hall–Kier alpha value is -1.17. The first-order valence-corrected chi connectivity index (χ1v) is 7.87. The fourth-order valence-electron chi connectivity index (χ4n) is 1.85. The van der Waals surface area contributed by atoms with Gasteiger partial charge in [-0.2, -0.15) is 0 Å². The quantitative estimate of drug-likeness (QED) is 0.811. The number of anilines is 1. The Kier molecular flexibility index (Phi) is 5.96. The summed E-state index contributed by atoms with van der Waals surface area (Å²) < 4.78 is 6.08. The number of hydrogen-bond donors (Lipinski definition) is 1. The van der Waals surface area contributed by atoms with Crippen LogP contribution in [0.15, 0.2) is 28.7 Å². The third-order valence-electron chi connectivity index (χ3n) is 2.80. The Bertz CT molecular complexity index is 622. The summed E-state index contributed by atoms with van der Waals surface area (Å²) in [5.41, 5.74) is 1.69. The van der Waals surface area contributed by atoms with Gasteiger partial charge in [0.1, 0.15) is 5.82 Å². The van der Waals surface area contributed by atoms with Crippen molar-refractivity contribution < 1.29 is 4.74 Å². The molecular weight excluding hydrogens is 354 g/mol. The SMILES string of the molecule is CCCNc1cc(COC)nc(-c2cc(Cl)ccc2Br)n1. The number of methoxy groups -OCH3 is 1. The number of nitrogens with zero attached hydrogens (tertiary/aromatic N) is 2. The Labute approximate surface area is 138 Å². The van der Waals surface area contributed by atoms with Crippen molar-refractivity contribution in [3.05, 3.63) is 39.5 Å². The minimum absolute atomic E-state index is 0.439. The monoisotopic (exact) mass is 369 g/mol. The van der Waals surface area contributed by atoms with Crippen molar-refractivity contribution in [1.82, 2.24) is 9.97 Å². The Balaban J connectivity index is 2.45. The van der Waals surface area contributed by atoms with Crippen molar-refractivity contribution in [1.29, 1.82) is 0 Å². The molecule has 1 heterocycles. The van der Waals surface area contributed by atoms with Gasteiger partial charge in [0.05, 0.1) is 12.3 Å². The molecule has 0 aliphatic rings. The zero-order valence-corrected chi connectivity index (χ0v) is 14.3. The topological polar surface area (TPSA) is 47.0 Å². The summed E-state index contributed by atoms with van der Waals surface area (Å²) in [6.07, 6.45) is 1.03. The first-order chi connectivity index (χ1) is 10.1. The number of aromatic nitrogens is 2. The second kappa shape index (κ2) is 7.73. The third kappa shape index (κ3) is 4.40. The molecule has 112 valence electrons. The average molecular weight is 371 g/mol. The highest BCUT2D eigenvalue weighted by Gasteiger charge is 2.10. The van der Waals surface area contributed by atoms with Crippen LogP contribution in [-0.4, -0.2) is 23.6 Å². The fourth-order valence-corrected chi connectivity index (χ4v) is 2.45. The van der Waals surface area contributed by atoms with E-state index in [2.05, 4.69) is 38.1 Å². The molecule has 1 aromatic carbocycles. The lowest BCUT2D eigenvalue weighted by molar-refractivity contribution is 0.181. The molecule has 2 rings (SSSR count). The smallest absolute Gasteiger partial charge is 0.163 e. The molecular formula is C15H17BrClN3O. The summed E-state index contributed by atoms with van der Waals surface area (Å²) in [7, 11) is 1.65. The van der Waals surface area contributed by atoms with Gasteiger partial charge in [0, 0.05) is 34.8 Å². The lowest BCUT2D eigenvalue weighted by Crippen LogP contribution is -2.06. The van der Waals surface area contributed by atoms with E-state index in [-0.39, 0.29) is 0 Å². The van der Waals surface area contributed by atoms with E-state index in [0.717, 1.165) is 34.5 Å². The van der Waals surface area contributed by atoms with Gasteiger partial charge >= 0.3 is 0 Å². The average Bonchev–Trinajstić information content (AvgIpc) is 2.48. The number of hydrogen-bond acceptors (Lipinski definition) is 4. The van der Waals surface area contributed by atoms with Crippen molar-refractivity contribution in [2.75, 3.05) is 19.0 Å². The molecule has 0 aliphatic heterocycles. The van der Waals surface area contributed by atoms with E-state index in [1.165, 1.54) is 0 Å². The molecule has 0 saturated heterocycles. The molecule has 0 aliphatic carbocycles. The molecule has 6 heteroatoms. The van der Waals surface area contributed by atoms with Gasteiger partial charge in [0.25, 0.3) is 0 Å². The molecule has 0 fully saturated rings. The molecule has 0 spiro atoms. The van der Waals surface area contributed by atoms with Crippen LogP contribution in [0.1, 0.15) is 19.0 Å². The first-order valence-electron chi connectivity index (χ1n) is 6.70.